The summed E-state index contributed by atoms with van der Waals surface area (Å²) in [5.41, 5.74) is 0.338. The molecule has 0 saturated heterocycles. The number of aromatic nitrogens is 4. The van der Waals surface area contributed by atoms with Crippen LogP contribution in [0.2, 0.25) is 0 Å². The normalized spacial score (nSPS) is 15.4. The highest BCUT2D eigenvalue weighted by atomic mass is 16.5. The van der Waals surface area contributed by atoms with Crippen molar-refractivity contribution in [3.63, 3.8) is 0 Å². The lowest BCUT2D eigenvalue weighted by Crippen LogP contribution is -2.36. The van der Waals surface area contributed by atoms with Gasteiger partial charge in [-0.3, -0.25) is 14.3 Å². The lowest BCUT2D eigenvalue weighted by Gasteiger charge is -2.21. The minimum Gasteiger partial charge on any atom is -0.455 e. The summed E-state index contributed by atoms with van der Waals surface area (Å²) in [6.07, 6.45) is 7.11. The SMILES string of the molecule is O=C(Nc1ccn(C[C@@H](O)CO)n1)C(CC1CCCC1)n1ncc(Oc2ccccc2CCO)cc1=O. The molecule has 2 heterocycles. The zero-order valence-corrected chi connectivity index (χ0v) is 20.6. The number of hydrogen-bond donors (Lipinski definition) is 4. The Morgan fingerprint density at radius 3 is 2.70 bits per heavy atom. The Kier molecular flexibility index (Phi) is 9.04. The van der Waals surface area contributed by atoms with Crippen LogP contribution in [0.25, 0.3) is 0 Å². The second kappa shape index (κ2) is 12.6. The van der Waals surface area contributed by atoms with E-state index in [0.29, 0.717) is 24.5 Å². The van der Waals surface area contributed by atoms with E-state index in [-0.39, 0.29) is 24.7 Å². The van der Waals surface area contributed by atoms with Gasteiger partial charge in [0.05, 0.1) is 25.5 Å². The summed E-state index contributed by atoms with van der Waals surface area (Å²) in [4.78, 5) is 26.4. The standard InChI is InChI=1S/C26H33N5O6/c32-12-10-19-7-3-4-8-23(19)37-21-14-25(35)31(27-15-21)22(13-18-5-1-2-6-18)26(36)28-24-9-11-30(29-24)16-20(34)17-33/h3-4,7-9,11,14-15,18,20,22,32-34H,1-2,5-6,10,12-13,16-17H2,(H,28,29,36)/t20-,22?/m1/s1. The Labute approximate surface area is 214 Å². The van der Waals surface area contributed by atoms with E-state index >= 15 is 0 Å². The van der Waals surface area contributed by atoms with Crippen molar-refractivity contribution < 1.29 is 24.9 Å². The van der Waals surface area contributed by atoms with Crippen LogP contribution in [0, 0.1) is 5.92 Å². The molecule has 3 aromatic rings. The summed E-state index contributed by atoms with van der Waals surface area (Å²) in [5, 5.41) is 39.2. The molecule has 0 spiro atoms. The van der Waals surface area contributed by atoms with Crippen LogP contribution in [-0.2, 0) is 17.8 Å². The number of aliphatic hydroxyl groups excluding tert-OH is 3. The molecule has 198 valence electrons. The summed E-state index contributed by atoms with van der Waals surface area (Å²) in [7, 11) is 0. The fourth-order valence-electron chi connectivity index (χ4n) is 4.64. The van der Waals surface area contributed by atoms with Crippen LogP contribution in [0.3, 0.4) is 0 Å². The average molecular weight is 512 g/mol. The van der Waals surface area contributed by atoms with Crippen molar-refractivity contribution >= 4 is 11.7 Å². The van der Waals surface area contributed by atoms with Gasteiger partial charge in [0.1, 0.15) is 11.8 Å². The first-order valence-corrected chi connectivity index (χ1v) is 12.6. The third-order valence-electron chi connectivity index (χ3n) is 6.51. The van der Waals surface area contributed by atoms with Crippen molar-refractivity contribution in [2.45, 2.75) is 57.2 Å². The first-order chi connectivity index (χ1) is 18.0. The molecular formula is C26H33N5O6. The maximum atomic E-state index is 13.3. The maximum Gasteiger partial charge on any atom is 0.271 e. The Hall–Kier alpha value is -3.54. The molecule has 37 heavy (non-hydrogen) atoms. The fraction of sp³-hybridized carbons (Fsp3) is 0.462. The predicted molar refractivity (Wildman–Crippen MR) is 135 cm³/mol. The molecular weight excluding hydrogens is 478 g/mol. The molecule has 11 nitrogen and oxygen atoms in total. The van der Waals surface area contributed by atoms with Gasteiger partial charge in [0.15, 0.2) is 11.6 Å². The number of rotatable bonds is 12. The van der Waals surface area contributed by atoms with E-state index in [2.05, 4.69) is 15.5 Å². The third kappa shape index (κ3) is 7.03. The number of nitrogens with one attached hydrogen (secondary N) is 1. The van der Waals surface area contributed by atoms with Crippen LogP contribution < -0.4 is 15.6 Å². The lowest BCUT2D eigenvalue weighted by atomic mass is 9.98. The summed E-state index contributed by atoms with van der Waals surface area (Å²) in [6, 6.07) is 9.31. The largest absolute Gasteiger partial charge is 0.455 e. The zero-order chi connectivity index (χ0) is 26.2. The monoisotopic (exact) mass is 511 g/mol. The summed E-state index contributed by atoms with van der Waals surface area (Å²) < 4.78 is 8.48. The van der Waals surface area contributed by atoms with Gasteiger partial charge in [-0.2, -0.15) is 10.2 Å². The number of carbonyl (C=O) groups is 1. The molecule has 0 aliphatic heterocycles. The van der Waals surface area contributed by atoms with Crippen molar-refractivity contribution in [2.24, 2.45) is 5.92 Å². The van der Waals surface area contributed by atoms with Gasteiger partial charge in [-0.1, -0.05) is 43.9 Å². The van der Waals surface area contributed by atoms with E-state index in [1.807, 2.05) is 12.1 Å². The van der Waals surface area contributed by atoms with Gasteiger partial charge in [-0.15, -0.1) is 0 Å². The zero-order valence-electron chi connectivity index (χ0n) is 20.6. The van der Waals surface area contributed by atoms with Gasteiger partial charge in [0, 0.05) is 24.9 Å². The third-order valence-corrected chi connectivity index (χ3v) is 6.51. The molecule has 1 amide bonds. The topological polar surface area (TPSA) is 152 Å². The number of aliphatic hydroxyl groups is 3. The fourth-order valence-corrected chi connectivity index (χ4v) is 4.64. The Balaban J connectivity index is 1.53. The van der Waals surface area contributed by atoms with Gasteiger partial charge < -0.3 is 25.4 Å². The molecule has 1 aliphatic rings. The number of carbonyl (C=O) groups excluding carboxylic acids is 1. The maximum absolute atomic E-state index is 13.3. The highest BCUT2D eigenvalue weighted by Crippen LogP contribution is 2.32. The van der Waals surface area contributed by atoms with Crippen molar-refractivity contribution in [1.29, 1.82) is 0 Å². The molecule has 1 unspecified atom stereocenters. The second-order valence-electron chi connectivity index (χ2n) is 9.31. The molecule has 2 atom stereocenters. The van der Waals surface area contributed by atoms with E-state index in [1.54, 1.807) is 24.4 Å². The number of amides is 1. The summed E-state index contributed by atoms with van der Waals surface area (Å²) in [5.74, 6) is 0.949. The van der Waals surface area contributed by atoms with Gasteiger partial charge in [0.25, 0.3) is 11.5 Å². The van der Waals surface area contributed by atoms with Crippen LogP contribution in [0.5, 0.6) is 11.5 Å². The molecule has 1 saturated carbocycles. The van der Waals surface area contributed by atoms with E-state index in [4.69, 9.17) is 9.84 Å². The molecule has 4 rings (SSSR count). The number of para-hydroxylation sites is 1. The van der Waals surface area contributed by atoms with Crippen LogP contribution in [0.15, 0.2) is 53.6 Å². The average Bonchev–Trinajstić information content (AvgIpc) is 3.56. The van der Waals surface area contributed by atoms with Crippen LogP contribution in [0.1, 0.15) is 43.7 Å². The molecule has 1 aromatic carbocycles. The molecule has 4 N–H and O–H groups in total. The lowest BCUT2D eigenvalue weighted by molar-refractivity contribution is -0.120. The molecule has 0 radical (unpaired) electrons. The quantitative estimate of drug-likeness (QED) is 0.288. The van der Waals surface area contributed by atoms with E-state index in [1.165, 1.54) is 21.6 Å². The van der Waals surface area contributed by atoms with Crippen molar-refractivity contribution in [3.05, 3.63) is 64.7 Å². The number of anilines is 1. The van der Waals surface area contributed by atoms with Crippen molar-refractivity contribution in [3.8, 4) is 11.5 Å². The predicted octanol–water partition coefficient (Wildman–Crippen LogP) is 1.88. The first kappa shape index (κ1) is 26.5. The minimum atomic E-state index is -0.960. The van der Waals surface area contributed by atoms with Crippen molar-refractivity contribution in [2.75, 3.05) is 18.5 Å². The molecule has 1 fully saturated rings. The Morgan fingerprint density at radius 2 is 1.97 bits per heavy atom. The number of benzene rings is 1. The van der Waals surface area contributed by atoms with Gasteiger partial charge >= 0.3 is 0 Å². The highest BCUT2D eigenvalue weighted by Gasteiger charge is 2.29. The Bertz CT molecular complexity index is 1240. The number of ether oxygens (including phenoxy) is 1. The van der Waals surface area contributed by atoms with Crippen LogP contribution in [0.4, 0.5) is 5.82 Å². The smallest absolute Gasteiger partial charge is 0.271 e. The molecule has 2 aromatic heterocycles. The van der Waals surface area contributed by atoms with Crippen LogP contribution in [-0.4, -0.2) is 60.1 Å². The van der Waals surface area contributed by atoms with E-state index in [0.717, 1.165) is 31.2 Å². The second-order valence-corrected chi connectivity index (χ2v) is 9.31. The minimum absolute atomic E-state index is 0.0293. The highest BCUT2D eigenvalue weighted by molar-refractivity contribution is 5.92. The first-order valence-electron chi connectivity index (χ1n) is 12.6. The summed E-state index contributed by atoms with van der Waals surface area (Å²) >= 11 is 0. The summed E-state index contributed by atoms with van der Waals surface area (Å²) in [6.45, 7) is -0.341. The van der Waals surface area contributed by atoms with Crippen LogP contribution >= 0.6 is 0 Å². The Morgan fingerprint density at radius 1 is 1.19 bits per heavy atom. The number of hydrogen-bond acceptors (Lipinski definition) is 8. The van der Waals surface area contributed by atoms with E-state index < -0.39 is 30.2 Å². The van der Waals surface area contributed by atoms with Gasteiger partial charge in [-0.05, 0) is 30.4 Å². The van der Waals surface area contributed by atoms with E-state index in [9.17, 15) is 19.8 Å². The molecule has 11 heteroatoms. The van der Waals surface area contributed by atoms with Gasteiger partial charge in [-0.25, -0.2) is 4.68 Å². The van der Waals surface area contributed by atoms with Gasteiger partial charge in [0.2, 0.25) is 0 Å². The molecule has 1 aliphatic carbocycles. The van der Waals surface area contributed by atoms with Crippen molar-refractivity contribution in [1.82, 2.24) is 19.6 Å². The molecule has 0 bridgehead atoms. The number of nitrogens with zero attached hydrogens (tertiary/aromatic N) is 4.